The highest BCUT2D eigenvalue weighted by molar-refractivity contribution is 8.26. The lowest BCUT2D eigenvalue weighted by atomic mass is 10.2. The summed E-state index contributed by atoms with van der Waals surface area (Å²) in [5, 5.41) is 3.32. The highest BCUT2D eigenvalue weighted by Gasteiger charge is 2.35. The smallest absolute Gasteiger partial charge is 0.285 e. The fourth-order valence-corrected chi connectivity index (χ4v) is 3.82. The Morgan fingerprint density at radius 3 is 2.20 bits per heavy atom. The lowest BCUT2D eigenvalue weighted by Gasteiger charge is -2.28. The normalized spacial score (nSPS) is 15.8. The Labute approximate surface area is 157 Å². The third-order valence-electron chi connectivity index (χ3n) is 3.91. The third kappa shape index (κ3) is 3.70. The largest absolute Gasteiger partial charge is 0.378 e. The quantitative estimate of drug-likeness (QED) is 0.600. The molecule has 128 valence electrons. The Hall–Kier alpha value is -2.31. The molecule has 0 radical (unpaired) electrons. The number of thiocarbonyl (C=S) groups is 1. The van der Waals surface area contributed by atoms with Gasteiger partial charge >= 0.3 is 0 Å². The van der Waals surface area contributed by atoms with Gasteiger partial charge in [0.1, 0.15) is 0 Å². The monoisotopic (exact) mass is 369 g/mol. The minimum absolute atomic E-state index is 0.0990. The number of anilines is 2. The molecule has 0 unspecified atom stereocenters. The lowest BCUT2D eigenvalue weighted by molar-refractivity contribution is -0.122. The molecular weight excluding hydrogens is 350 g/mol. The Morgan fingerprint density at radius 1 is 0.960 bits per heavy atom. The van der Waals surface area contributed by atoms with Gasteiger partial charge in [0, 0.05) is 26.8 Å². The van der Waals surface area contributed by atoms with Crippen LogP contribution in [0.2, 0.25) is 0 Å². The van der Waals surface area contributed by atoms with Crippen LogP contribution in [0.3, 0.4) is 0 Å². The van der Waals surface area contributed by atoms with Gasteiger partial charge in [-0.2, -0.15) is 5.01 Å². The minimum Gasteiger partial charge on any atom is -0.378 e. The van der Waals surface area contributed by atoms with Crippen LogP contribution in [-0.2, 0) is 4.79 Å². The van der Waals surface area contributed by atoms with Crippen molar-refractivity contribution in [2.45, 2.75) is 0 Å². The second-order valence-corrected chi connectivity index (χ2v) is 7.51. The Balaban J connectivity index is 1.83. The van der Waals surface area contributed by atoms with E-state index in [0.29, 0.717) is 9.23 Å². The van der Waals surface area contributed by atoms with Crippen LogP contribution in [0.5, 0.6) is 0 Å². The summed E-state index contributed by atoms with van der Waals surface area (Å²) >= 11 is 6.75. The Bertz CT molecular complexity index is 816. The maximum absolute atomic E-state index is 12.8. The number of para-hydroxylation sites is 1. The zero-order valence-corrected chi connectivity index (χ0v) is 16.0. The molecule has 2 aromatic rings. The van der Waals surface area contributed by atoms with Crippen molar-refractivity contribution in [2.24, 2.45) is 0 Å². The van der Waals surface area contributed by atoms with Gasteiger partial charge in [-0.3, -0.25) is 9.80 Å². The summed E-state index contributed by atoms with van der Waals surface area (Å²) < 4.78 is 0.535. The SMILES string of the molecule is CN(C)c1ccc(/C=C2/SC(=S)N(N(C)c3ccccc3)C2=O)cc1. The number of hydrogen-bond donors (Lipinski definition) is 0. The molecule has 1 amide bonds. The van der Waals surface area contributed by atoms with Crippen LogP contribution in [0.4, 0.5) is 11.4 Å². The van der Waals surface area contributed by atoms with E-state index in [-0.39, 0.29) is 5.91 Å². The fourth-order valence-electron chi connectivity index (χ4n) is 2.50. The summed E-state index contributed by atoms with van der Waals surface area (Å²) in [4.78, 5) is 15.5. The van der Waals surface area contributed by atoms with Gasteiger partial charge in [-0.15, -0.1) is 0 Å². The molecule has 1 aliphatic heterocycles. The molecule has 0 aromatic heterocycles. The molecule has 0 bridgehead atoms. The van der Waals surface area contributed by atoms with Crippen LogP contribution in [0.25, 0.3) is 6.08 Å². The van der Waals surface area contributed by atoms with Crippen molar-refractivity contribution in [3.63, 3.8) is 0 Å². The van der Waals surface area contributed by atoms with E-state index in [0.717, 1.165) is 16.9 Å². The first-order chi connectivity index (χ1) is 12.0. The van der Waals surface area contributed by atoms with Gasteiger partial charge in [-0.1, -0.05) is 42.1 Å². The molecule has 6 heteroatoms. The summed E-state index contributed by atoms with van der Waals surface area (Å²) in [5.74, 6) is -0.0990. The van der Waals surface area contributed by atoms with Crippen molar-refractivity contribution in [1.29, 1.82) is 0 Å². The van der Waals surface area contributed by atoms with Crippen LogP contribution in [0.1, 0.15) is 5.56 Å². The molecule has 1 aliphatic rings. The molecule has 1 heterocycles. The van der Waals surface area contributed by atoms with Gasteiger partial charge in [0.25, 0.3) is 5.91 Å². The molecule has 2 aromatic carbocycles. The minimum atomic E-state index is -0.0990. The Morgan fingerprint density at radius 2 is 1.60 bits per heavy atom. The molecule has 0 N–H and O–H groups in total. The maximum Gasteiger partial charge on any atom is 0.285 e. The van der Waals surface area contributed by atoms with E-state index >= 15 is 0 Å². The first kappa shape index (κ1) is 17.5. The van der Waals surface area contributed by atoms with E-state index in [9.17, 15) is 4.79 Å². The van der Waals surface area contributed by atoms with Crippen LogP contribution in [0, 0.1) is 0 Å². The van der Waals surface area contributed by atoms with Crippen LogP contribution >= 0.6 is 24.0 Å². The highest BCUT2D eigenvalue weighted by atomic mass is 32.2. The number of carbonyl (C=O) groups excluding carboxylic acids is 1. The van der Waals surface area contributed by atoms with Crippen molar-refractivity contribution in [2.75, 3.05) is 31.1 Å². The summed E-state index contributed by atoms with van der Waals surface area (Å²) in [6.45, 7) is 0. The van der Waals surface area contributed by atoms with E-state index in [1.165, 1.54) is 16.8 Å². The summed E-state index contributed by atoms with van der Waals surface area (Å²) in [6, 6.07) is 17.8. The predicted octanol–water partition coefficient (Wildman–Crippen LogP) is 4.01. The molecule has 0 saturated carbocycles. The first-order valence-electron chi connectivity index (χ1n) is 7.81. The van der Waals surface area contributed by atoms with Crippen LogP contribution in [-0.4, -0.2) is 36.4 Å². The zero-order chi connectivity index (χ0) is 18.0. The molecule has 3 rings (SSSR count). The van der Waals surface area contributed by atoms with E-state index in [2.05, 4.69) is 0 Å². The zero-order valence-electron chi connectivity index (χ0n) is 14.3. The molecule has 0 atom stereocenters. The number of hydrazine groups is 1. The van der Waals surface area contributed by atoms with Gasteiger partial charge in [0.2, 0.25) is 0 Å². The molecule has 1 saturated heterocycles. The maximum atomic E-state index is 12.8. The standard InChI is InChI=1S/C19H19N3OS2/c1-20(2)15-11-9-14(10-12-15)13-17-18(23)22(19(24)25-17)21(3)16-7-5-4-6-8-16/h4-13H,1-3H3/b17-13+. The van der Waals surface area contributed by atoms with Gasteiger partial charge in [-0.05, 0) is 48.1 Å². The molecule has 1 fully saturated rings. The number of nitrogens with zero attached hydrogens (tertiary/aromatic N) is 3. The predicted molar refractivity (Wildman–Crippen MR) is 111 cm³/mol. The lowest BCUT2D eigenvalue weighted by Crippen LogP contribution is -2.42. The van der Waals surface area contributed by atoms with Crippen molar-refractivity contribution in [1.82, 2.24) is 5.01 Å². The number of hydrogen-bond acceptors (Lipinski definition) is 5. The van der Waals surface area contributed by atoms with Gasteiger partial charge in [-0.25, -0.2) is 0 Å². The first-order valence-corrected chi connectivity index (χ1v) is 9.04. The van der Waals surface area contributed by atoms with Crippen LogP contribution in [0.15, 0.2) is 59.5 Å². The average Bonchev–Trinajstić information content (AvgIpc) is 2.89. The molecule has 25 heavy (non-hydrogen) atoms. The molecule has 0 aliphatic carbocycles. The van der Waals surface area contributed by atoms with E-state index in [1.54, 1.807) is 5.01 Å². The number of carbonyl (C=O) groups is 1. The number of benzene rings is 2. The highest BCUT2D eigenvalue weighted by Crippen LogP contribution is 2.34. The summed E-state index contributed by atoms with van der Waals surface area (Å²) in [7, 11) is 5.84. The third-order valence-corrected chi connectivity index (χ3v) is 5.19. The Kier molecular flexibility index (Phi) is 5.11. The van der Waals surface area contributed by atoms with Crippen molar-refractivity contribution in [3.05, 3.63) is 65.1 Å². The number of rotatable bonds is 4. The van der Waals surface area contributed by atoms with E-state index < -0.39 is 0 Å². The van der Waals surface area contributed by atoms with E-state index in [4.69, 9.17) is 12.2 Å². The van der Waals surface area contributed by atoms with Gasteiger partial charge in [0.05, 0.1) is 10.6 Å². The summed E-state index contributed by atoms with van der Waals surface area (Å²) in [6.07, 6.45) is 1.89. The average molecular weight is 370 g/mol. The van der Waals surface area contributed by atoms with E-state index in [1.807, 2.05) is 86.7 Å². The summed E-state index contributed by atoms with van der Waals surface area (Å²) in [5.41, 5.74) is 3.01. The molecule has 0 spiro atoms. The molecular formula is C19H19N3OS2. The van der Waals surface area contributed by atoms with Gasteiger partial charge < -0.3 is 4.90 Å². The van der Waals surface area contributed by atoms with Gasteiger partial charge in [0.15, 0.2) is 4.32 Å². The topological polar surface area (TPSA) is 26.8 Å². The van der Waals surface area contributed by atoms with Crippen molar-refractivity contribution < 1.29 is 4.79 Å². The second-order valence-electron chi connectivity index (χ2n) is 5.84. The van der Waals surface area contributed by atoms with Crippen molar-refractivity contribution in [3.8, 4) is 0 Å². The fraction of sp³-hybridized carbons (Fsp3) is 0.158. The van der Waals surface area contributed by atoms with Crippen molar-refractivity contribution >= 4 is 51.7 Å². The molecule has 4 nitrogen and oxygen atoms in total. The van der Waals surface area contributed by atoms with Crippen LogP contribution < -0.4 is 9.91 Å². The number of amides is 1. The second kappa shape index (κ2) is 7.29. The number of thioether (sulfide) groups is 1.